The van der Waals surface area contributed by atoms with E-state index in [4.69, 9.17) is 9.47 Å². The predicted octanol–water partition coefficient (Wildman–Crippen LogP) is 3.58. The van der Waals surface area contributed by atoms with Crippen LogP contribution in [0, 0.1) is 0 Å². The number of aryl methyl sites for hydroxylation is 1. The molecule has 0 saturated heterocycles. The van der Waals surface area contributed by atoms with Crippen molar-refractivity contribution in [2.75, 3.05) is 24.5 Å². The molecule has 5 rings (SSSR count). The highest BCUT2D eigenvalue weighted by atomic mass is 32.1. The molecule has 2 amide bonds. The van der Waals surface area contributed by atoms with Crippen LogP contribution >= 0.6 is 11.3 Å². The Balaban J connectivity index is 1.25. The maximum atomic E-state index is 12.9. The average Bonchev–Trinajstić information content (AvgIpc) is 3.54. The van der Waals surface area contributed by atoms with Gasteiger partial charge in [-0.25, -0.2) is 9.78 Å². The molecular formula is C23H19N3O6S. The van der Waals surface area contributed by atoms with Crippen LogP contribution < -0.4 is 20.1 Å². The number of hydrogen-bond donors (Lipinski definition) is 2. The minimum Gasteiger partial charge on any atom is -0.465 e. The average molecular weight is 465 g/mol. The van der Waals surface area contributed by atoms with Gasteiger partial charge >= 0.3 is 5.97 Å². The van der Waals surface area contributed by atoms with Crippen LogP contribution in [0.5, 0.6) is 11.5 Å². The first kappa shape index (κ1) is 21.0. The molecule has 1 aliphatic carbocycles. The van der Waals surface area contributed by atoms with Crippen molar-refractivity contribution < 1.29 is 28.6 Å². The molecule has 2 aliphatic rings. The third kappa shape index (κ3) is 4.12. The number of carbonyl (C=O) groups excluding carboxylic acids is 3. The van der Waals surface area contributed by atoms with Crippen LogP contribution in [-0.4, -0.2) is 36.7 Å². The van der Waals surface area contributed by atoms with Crippen LogP contribution in [-0.2, 0) is 16.0 Å². The number of amides is 2. The lowest BCUT2D eigenvalue weighted by atomic mass is 10.1. The summed E-state index contributed by atoms with van der Waals surface area (Å²) in [6, 6.07) is 11.5. The molecular weight excluding hydrogens is 446 g/mol. The Labute approximate surface area is 192 Å². The molecule has 168 valence electrons. The minimum atomic E-state index is -0.439. The number of thiazole rings is 1. The molecule has 33 heavy (non-hydrogen) atoms. The summed E-state index contributed by atoms with van der Waals surface area (Å²) in [6.07, 6.45) is 1.36. The highest BCUT2D eigenvalue weighted by molar-refractivity contribution is 7.16. The number of fused-ring (bicyclic) bond motifs is 2. The first-order valence-electron chi connectivity index (χ1n) is 10.2. The number of nitrogens with zero attached hydrogens (tertiary/aromatic N) is 1. The molecule has 0 saturated carbocycles. The number of hydrogen-bond acceptors (Lipinski definition) is 8. The number of nitrogens with one attached hydrogen (secondary N) is 2. The lowest BCUT2D eigenvalue weighted by Gasteiger charge is -2.11. The number of ether oxygens (including phenoxy) is 3. The second kappa shape index (κ2) is 8.55. The Morgan fingerprint density at radius 3 is 2.58 bits per heavy atom. The summed E-state index contributed by atoms with van der Waals surface area (Å²) in [6.45, 7) is 0.137. The fourth-order valence-corrected chi connectivity index (χ4v) is 4.81. The molecule has 1 atom stereocenters. The number of benzene rings is 2. The van der Waals surface area contributed by atoms with Crippen molar-refractivity contribution in [2.45, 2.75) is 18.8 Å². The van der Waals surface area contributed by atoms with E-state index in [9.17, 15) is 14.4 Å². The first-order chi connectivity index (χ1) is 16.0. The number of esters is 1. The lowest BCUT2D eigenvalue weighted by molar-refractivity contribution is -0.117. The first-order valence-corrected chi connectivity index (χ1v) is 11.0. The largest absolute Gasteiger partial charge is 0.465 e. The molecule has 1 aliphatic heterocycles. The molecule has 0 spiro atoms. The van der Waals surface area contributed by atoms with Gasteiger partial charge < -0.3 is 19.5 Å². The van der Waals surface area contributed by atoms with Crippen LogP contribution in [0.15, 0.2) is 42.5 Å². The standard InChI is InChI=1S/C23H19N3O6S/c1-30-22(29)12-2-5-14(6-3-12)24-21(28)15-7-9-18-19(15)25-23(33-18)26-20(27)13-4-8-16-17(10-13)32-11-31-16/h2-6,8,10,15H,7,9,11H2,1H3,(H,24,28)(H,25,26,27). The van der Waals surface area contributed by atoms with Crippen LogP contribution in [0.25, 0.3) is 0 Å². The molecule has 2 heterocycles. The van der Waals surface area contributed by atoms with Crippen molar-refractivity contribution in [1.29, 1.82) is 0 Å². The molecule has 0 fully saturated rings. The zero-order valence-corrected chi connectivity index (χ0v) is 18.4. The van der Waals surface area contributed by atoms with Crippen LogP contribution in [0.1, 0.15) is 43.6 Å². The molecule has 0 bridgehead atoms. The van der Waals surface area contributed by atoms with Gasteiger partial charge in [-0.3, -0.25) is 14.9 Å². The van der Waals surface area contributed by atoms with Gasteiger partial charge in [-0.15, -0.1) is 11.3 Å². The van der Waals surface area contributed by atoms with Gasteiger partial charge in [0, 0.05) is 16.1 Å². The lowest BCUT2D eigenvalue weighted by Crippen LogP contribution is -2.20. The van der Waals surface area contributed by atoms with E-state index in [2.05, 4.69) is 20.4 Å². The van der Waals surface area contributed by atoms with Crippen molar-refractivity contribution >= 4 is 39.9 Å². The summed E-state index contributed by atoms with van der Waals surface area (Å²) < 4.78 is 15.3. The third-order valence-electron chi connectivity index (χ3n) is 5.46. The zero-order chi connectivity index (χ0) is 22.9. The maximum absolute atomic E-state index is 12.9. The van der Waals surface area contributed by atoms with Gasteiger partial charge in [-0.1, -0.05) is 0 Å². The van der Waals surface area contributed by atoms with E-state index in [1.54, 1.807) is 42.5 Å². The molecule has 2 aromatic carbocycles. The van der Waals surface area contributed by atoms with Gasteiger partial charge in [0.05, 0.1) is 24.3 Å². The van der Waals surface area contributed by atoms with Gasteiger partial charge in [-0.05, 0) is 55.3 Å². The maximum Gasteiger partial charge on any atom is 0.337 e. The van der Waals surface area contributed by atoms with Crippen molar-refractivity contribution in [3.05, 3.63) is 64.2 Å². The minimum absolute atomic E-state index is 0.137. The Morgan fingerprint density at radius 2 is 1.79 bits per heavy atom. The van der Waals surface area contributed by atoms with Crippen LogP contribution in [0.3, 0.4) is 0 Å². The monoisotopic (exact) mass is 465 g/mol. The highest BCUT2D eigenvalue weighted by Gasteiger charge is 2.33. The fraction of sp³-hybridized carbons (Fsp3) is 0.217. The van der Waals surface area contributed by atoms with E-state index in [-0.39, 0.29) is 18.6 Å². The number of anilines is 2. The van der Waals surface area contributed by atoms with Crippen molar-refractivity contribution in [2.24, 2.45) is 0 Å². The van der Waals surface area contributed by atoms with Gasteiger partial charge in [-0.2, -0.15) is 0 Å². The van der Waals surface area contributed by atoms with Crippen molar-refractivity contribution in [3.63, 3.8) is 0 Å². The zero-order valence-electron chi connectivity index (χ0n) is 17.5. The van der Waals surface area contributed by atoms with Gasteiger partial charge in [0.1, 0.15) is 0 Å². The number of methoxy groups -OCH3 is 1. The van der Waals surface area contributed by atoms with Gasteiger partial charge in [0.15, 0.2) is 16.6 Å². The number of aromatic nitrogens is 1. The normalized spacial score (nSPS) is 15.6. The number of rotatable bonds is 5. The molecule has 1 aromatic heterocycles. The summed E-state index contributed by atoms with van der Waals surface area (Å²) in [5.41, 5.74) is 2.10. The Kier molecular flexibility index (Phi) is 5.43. The predicted molar refractivity (Wildman–Crippen MR) is 120 cm³/mol. The molecule has 10 heteroatoms. The van der Waals surface area contributed by atoms with E-state index in [0.717, 1.165) is 4.88 Å². The topological polar surface area (TPSA) is 116 Å². The summed E-state index contributed by atoms with van der Waals surface area (Å²) in [7, 11) is 1.31. The Hall–Kier alpha value is -3.92. The van der Waals surface area contributed by atoms with E-state index in [0.29, 0.717) is 52.0 Å². The summed E-state index contributed by atoms with van der Waals surface area (Å²) in [4.78, 5) is 42.6. The summed E-state index contributed by atoms with van der Waals surface area (Å²) in [5, 5.41) is 6.12. The molecule has 0 radical (unpaired) electrons. The smallest absolute Gasteiger partial charge is 0.337 e. The van der Waals surface area contributed by atoms with E-state index in [1.807, 2.05) is 0 Å². The quantitative estimate of drug-likeness (QED) is 0.553. The molecule has 9 nitrogen and oxygen atoms in total. The summed E-state index contributed by atoms with van der Waals surface area (Å²) in [5.74, 6) is -0.209. The van der Waals surface area contributed by atoms with E-state index < -0.39 is 11.9 Å². The van der Waals surface area contributed by atoms with E-state index >= 15 is 0 Å². The van der Waals surface area contributed by atoms with Crippen LogP contribution in [0.4, 0.5) is 10.8 Å². The highest BCUT2D eigenvalue weighted by Crippen LogP contribution is 2.39. The Bertz CT molecular complexity index is 1250. The molecule has 1 unspecified atom stereocenters. The third-order valence-corrected chi connectivity index (χ3v) is 6.51. The van der Waals surface area contributed by atoms with E-state index in [1.165, 1.54) is 18.4 Å². The van der Waals surface area contributed by atoms with Gasteiger partial charge in [0.25, 0.3) is 5.91 Å². The number of carbonyl (C=O) groups is 3. The Morgan fingerprint density at radius 1 is 1.03 bits per heavy atom. The molecule has 2 N–H and O–H groups in total. The SMILES string of the molecule is COC(=O)c1ccc(NC(=O)C2CCc3sc(NC(=O)c4ccc5c(c4)OCO5)nc32)cc1. The van der Waals surface area contributed by atoms with Gasteiger partial charge in [0.2, 0.25) is 12.7 Å². The fourth-order valence-electron chi connectivity index (χ4n) is 3.78. The molecule has 3 aromatic rings. The van der Waals surface area contributed by atoms with Crippen LogP contribution in [0.2, 0.25) is 0 Å². The van der Waals surface area contributed by atoms with Crippen molar-refractivity contribution in [3.8, 4) is 11.5 Å². The second-order valence-electron chi connectivity index (χ2n) is 7.50. The second-order valence-corrected chi connectivity index (χ2v) is 8.58. The van der Waals surface area contributed by atoms with Crippen molar-refractivity contribution in [1.82, 2.24) is 4.98 Å². The summed E-state index contributed by atoms with van der Waals surface area (Å²) >= 11 is 1.38.